The Labute approximate surface area is 83.7 Å². The van der Waals surface area contributed by atoms with Crippen molar-refractivity contribution in [3.63, 3.8) is 0 Å². The van der Waals surface area contributed by atoms with Gasteiger partial charge in [0, 0.05) is 30.3 Å². The Morgan fingerprint density at radius 2 is 2.29 bits per heavy atom. The average molecular weight is 193 g/mol. The summed E-state index contributed by atoms with van der Waals surface area (Å²) in [5.41, 5.74) is 2.33. The Morgan fingerprint density at radius 3 is 3.00 bits per heavy atom. The van der Waals surface area contributed by atoms with Crippen molar-refractivity contribution in [2.45, 2.75) is 25.8 Å². The summed E-state index contributed by atoms with van der Waals surface area (Å²) >= 11 is 0. The van der Waals surface area contributed by atoms with Crippen LogP contribution in [0.1, 0.15) is 25.1 Å². The molecule has 1 aromatic rings. The molecule has 1 aliphatic rings. The minimum atomic E-state index is 0.0593. The van der Waals surface area contributed by atoms with Gasteiger partial charge in [0.25, 0.3) is 0 Å². The van der Waals surface area contributed by atoms with E-state index in [0.29, 0.717) is 6.01 Å². The molecule has 0 saturated heterocycles. The third-order valence-electron chi connectivity index (χ3n) is 2.55. The van der Waals surface area contributed by atoms with Gasteiger partial charge >= 0.3 is 6.01 Å². The summed E-state index contributed by atoms with van der Waals surface area (Å²) in [5, 5.41) is 3.35. The number of methoxy groups -OCH3 is 1. The van der Waals surface area contributed by atoms with Gasteiger partial charge in [0.2, 0.25) is 0 Å². The molecule has 76 valence electrons. The van der Waals surface area contributed by atoms with Crippen LogP contribution in [-0.4, -0.2) is 23.6 Å². The Morgan fingerprint density at radius 1 is 1.50 bits per heavy atom. The van der Waals surface area contributed by atoms with Crippen molar-refractivity contribution in [1.29, 1.82) is 0 Å². The Balaban J connectivity index is 2.49. The highest BCUT2D eigenvalue weighted by Crippen LogP contribution is 2.28. The first-order chi connectivity index (χ1) is 6.63. The van der Waals surface area contributed by atoms with Crippen LogP contribution in [0.4, 0.5) is 0 Å². The highest BCUT2D eigenvalue weighted by atomic mass is 16.5. The van der Waals surface area contributed by atoms with Gasteiger partial charge in [-0.25, -0.2) is 4.98 Å². The summed E-state index contributed by atoms with van der Waals surface area (Å²) < 4.78 is 5.03. The summed E-state index contributed by atoms with van der Waals surface area (Å²) in [4.78, 5) is 8.51. The Bertz CT molecular complexity index is 349. The molecule has 4 heteroatoms. The molecule has 14 heavy (non-hydrogen) atoms. The van der Waals surface area contributed by atoms with E-state index in [2.05, 4.69) is 29.1 Å². The third-order valence-corrected chi connectivity index (χ3v) is 2.55. The lowest BCUT2D eigenvalue weighted by Crippen LogP contribution is -2.39. The van der Waals surface area contributed by atoms with Crippen LogP contribution in [0, 0.1) is 0 Å². The van der Waals surface area contributed by atoms with Gasteiger partial charge in [-0.2, -0.15) is 4.98 Å². The van der Waals surface area contributed by atoms with Crippen LogP contribution in [0.2, 0.25) is 0 Å². The molecule has 1 aromatic heterocycles. The number of ether oxygens (including phenoxy) is 1. The van der Waals surface area contributed by atoms with Gasteiger partial charge in [-0.1, -0.05) is 13.8 Å². The lowest BCUT2D eigenvalue weighted by atomic mass is 9.84. The quantitative estimate of drug-likeness (QED) is 0.718. The van der Waals surface area contributed by atoms with Crippen LogP contribution in [0.15, 0.2) is 6.20 Å². The molecule has 1 N–H and O–H groups in total. The topological polar surface area (TPSA) is 47.0 Å². The fraction of sp³-hybridized carbons (Fsp3) is 0.600. The van der Waals surface area contributed by atoms with Crippen molar-refractivity contribution < 1.29 is 4.74 Å². The van der Waals surface area contributed by atoms with Crippen LogP contribution < -0.4 is 10.1 Å². The first kappa shape index (κ1) is 9.40. The van der Waals surface area contributed by atoms with Crippen LogP contribution >= 0.6 is 0 Å². The maximum atomic E-state index is 5.03. The maximum absolute atomic E-state index is 5.03. The largest absolute Gasteiger partial charge is 0.467 e. The molecule has 0 unspecified atom stereocenters. The number of hydrogen-bond donors (Lipinski definition) is 1. The fourth-order valence-electron chi connectivity index (χ4n) is 1.80. The molecule has 0 aromatic carbocycles. The van der Waals surface area contributed by atoms with E-state index in [1.165, 1.54) is 5.56 Å². The van der Waals surface area contributed by atoms with E-state index in [-0.39, 0.29) is 5.41 Å². The Hall–Kier alpha value is -1.16. The molecule has 0 bridgehead atoms. The molecule has 0 saturated carbocycles. The number of rotatable bonds is 1. The van der Waals surface area contributed by atoms with Gasteiger partial charge in [-0.3, -0.25) is 0 Å². The second kappa shape index (κ2) is 3.20. The zero-order valence-electron chi connectivity index (χ0n) is 8.79. The minimum Gasteiger partial charge on any atom is -0.467 e. The van der Waals surface area contributed by atoms with Gasteiger partial charge in [-0.05, 0) is 0 Å². The highest BCUT2D eigenvalue weighted by molar-refractivity contribution is 5.29. The first-order valence-corrected chi connectivity index (χ1v) is 4.74. The number of nitrogens with zero attached hydrogens (tertiary/aromatic N) is 2. The van der Waals surface area contributed by atoms with Gasteiger partial charge < -0.3 is 10.1 Å². The molecule has 0 atom stereocenters. The molecule has 0 radical (unpaired) electrons. The lowest BCUT2D eigenvalue weighted by Gasteiger charge is -2.31. The summed E-state index contributed by atoms with van der Waals surface area (Å²) in [6.45, 7) is 6.14. The van der Waals surface area contributed by atoms with Crippen molar-refractivity contribution in [3.05, 3.63) is 17.5 Å². The van der Waals surface area contributed by atoms with Gasteiger partial charge in [0.15, 0.2) is 0 Å². The maximum Gasteiger partial charge on any atom is 0.316 e. The molecule has 0 aliphatic carbocycles. The molecule has 2 heterocycles. The SMILES string of the molecule is COc1ncc2c(n1)C(C)(C)CNC2. The van der Waals surface area contributed by atoms with Crippen molar-refractivity contribution in [3.8, 4) is 6.01 Å². The predicted molar refractivity (Wildman–Crippen MR) is 53.3 cm³/mol. The molecule has 1 aliphatic heterocycles. The van der Waals surface area contributed by atoms with E-state index in [0.717, 1.165) is 18.8 Å². The van der Waals surface area contributed by atoms with E-state index in [9.17, 15) is 0 Å². The summed E-state index contributed by atoms with van der Waals surface area (Å²) in [5.74, 6) is 0. The number of hydrogen-bond acceptors (Lipinski definition) is 4. The van der Waals surface area contributed by atoms with Crippen LogP contribution in [0.5, 0.6) is 6.01 Å². The van der Waals surface area contributed by atoms with Crippen LogP contribution in [-0.2, 0) is 12.0 Å². The molecule has 0 spiro atoms. The molecule has 2 rings (SSSR count). The molecule has 4 nitrogen and oxygen atoms in total. The second-order valence-electron chi connectivity index (χ2n) is 4.22. The second-order valence-corrected chi connectivity index (χ2v) is 4.22. The highest BCUT2D eigenvalue weighted by Gasteiger charge is 2.29. The van der Waals surface area contributed by atoms with Crippen molar-refractivity contribution in [2.75, 3.05) is 13.7 Å². The molecule has 0 fully saturated rings. The number of nitrogens with one attached hydrogen (secondary N) is 1. The van der Waals surface area contributed by atoms with E-state index in [1.807, 2.05) is 6.20 Å². The van der Waals surface area contributed by atoms with Crippen molar-refractivity contribution in [2.24, 2.45) is 0 Å². The van der Waals surface area contributed by atoms with Crippen molar-refractivity contribution in [1.82, 2.24) is 15.3 Å². The fourth-order valence-corrected chi connectivity index (χ4v) is 1.80. The van der Waals surface area contributed by atoms with E-state index in [4.69, 9.17) is 4.74 Å². The minimum absolute atomic E-state index is 0.0593. The molecular formula is C10H15N3O. The smallest absolute Gasteiger partial charge is 0.316 e. The van der Waals surface area contributed by atoms with Crippen LogP contribution in [0.3, 0.4) is 0 Å². The van der Waals surface area contributed by atoms with Gasteiger partial charge in [0.05, 0.1) is 12.8 Å². The zero-order chi connectivity index (χ0) is 10.2. The van der Waals surface area contributed by atoms with E-state index < -0.39 is 0 Å². The summed E-state index contributed by atoms with van der Waals surface area (Å²) in [7, 11) is 1.59. The first-order valence-electron chi connectivity index (χ1n) is 4.74. The summed E-state index contributed by atoms with van der Waals surface area (Å²) in [6.07, 6.45) is 1.84. The number of aromatic nitrogens is 2. The summed E-state index contributed by atoms with van der Waals surface area (Å²) in [6, 6.07) is 0.457. The third kappa shape index (κ3) is 1.46. The monoisotopic (exact) mass is 193 g/mol. The normalized spacial score (nSPS) is 18.8. The van der Waals surface area contributed by atoms with E-state index >= 15 is 0 Å². The standard InChI is InChI=1S/C10H15N3O/c1-10(2)6-11-4-7-5-12-9(14-3)13-8(7)10/h5,11H,4,6H2,1-3H3. The van der Waals surface area contributed by atoms with Crippen LogP contribution in [0.25, 0.3) is 0 Å². The predicted octanol–water partition coefficient (Wildman–Crippen LogP) is 0.866. The number of fused-ring (bicyclic) bond motifs is 1. The lowest BCUT2D eigenvalue weighted by molar-refractivity contribution is 0.360. The zero-order valence-corrected chi connectivity index (χ0v) is 8.79. The van der Waals surface area contributed by atoms with Crippen molar-refractivity contribution >= 4 is 0 Å². The van der Waals surface area contributed by atoms with Gasteiger partial charge in [-0.15, -0.1) is 0 Å². The van der Waals surface area contributed by atoms with E-state index in [1.54, 1.807) is 7.11 Å². The average Bonchev–Trinajstić information content (AvgIpc) is 2.17. The molecule has 0 amide bonds. The Kier molecular flexibility index (Phi) is 2.15. The molecular weight excluding hydrogens is 178 g/mol. The van der Waals surface area contributed by atoms with Gasteiger partial charge in [0.1, 0.15) is 0 Å².